The Kier molecular flexibility index (Phi) is 4.15. The molecule has 1 atom stereocenters. The van der Waals surface area contributed by atoms with Gasteiger partial charge in [-0.05, 0) is 39.8 Å². The lowest BCUT2D eigenvalue weighted by atomic mass is 10.1. The number of rotatable bonds is 6. The van der Waals surface area contributed by atoms with Crippen molar-refractivity contribution in [3.63, 3.8) is 0 Å². The zero-order chi connectivity index (χ0) is 13.0. The Morgan fingerprint density at radius 1 is 1.44 bits per heavy atom. The molecule has 0 aliphatic carbocycles. The van der Waals surface area contributed by atoms with Crippen molar-refractivity contribution < 1.29 is 4.42 Å². The Morgan fingerprint density at radius 3 is 2.89 bits per heavy atom. The van der Waals surface area contributed by atoms with E-state index in [9.17, 15) is 0 Å². The van der Waals surface area contributed by atoms with Crippen molar-refractivity contribution in [1.82, 2.24) is 20.3 Å². The lowest BCUT2D eigenvalue weighted by Crippen LogP contribution is -2.21. The van der Waals surface area contributed by atoms with E-state index in [1.807, 2.05) is 24.7 Å². The summed E-state index contributed by atoms with van der Waals surface area (Å²) < 4.78 is 7.39. The second-order valence-corrected chi connectivity index (χ2v) is 4.56. The number of nitrogens with zero attached hydrogens (tertiary/aromatic N) is 3. The van der Waals surface area contributed by atoms with E-state index in [1.165, 1.54) is 5.56 Å². The van der Waals surface area contributed by atoms with E-state index in [-0.39, 0.29) is 0 Å². The van der Waals surface area contributed by atoms with Gasteiger partial charge in [-0.1, -0.05) is 5.21 Å². The summed E-state index contributed by atoms with van der Waals surface area (Å²) in [6.45, 7) is 7.99. The highest BCUT2D eigenvalue weighted by Gasteiger charge is 2.11. The van der Waals surface area contributed by atoms with Crippen LogP contribution in [0.4, 0.5) is 0 Å². The van der Waals surface area contributed by atoms with Crippen LogP contribution in [-0.2, 0) is 6.54 Å². The number of hydrogen-bond acceptors (Lipinski definition) is 4. The van der Waals surface area contributed by atoms with Gasteiger partial charge in [0.2, 0.25) is 0 Å². The highest BCUT2D eigenvalue weighted by Crippen LogP contribution is 2.20. The molecule has 1 N–H and O–H groups in total. The summed E-state index contributed by atoms with van der Waals surface area (Å²) in [5.74, 6) is 1.97. The fourth-order valence-electron chi connectivity index (χ4n) is 2.10. The average Bonchev–Trinajstić information content (AvgIpc) is 2.94. The van der Waals surface area contributed by atoms with Crippen molar-refractivity contribution in [2.24, 2.45) is 0 Å². The normalized spacial score (nSPS) is 12.8. The first-order valence-corrected chi connectivity index (χ1v) is 6.31. The summed E-state index contributed by atoms with van der Waals surface area (Å²) in [5, 5.41) is 11.2. The largest absolute Gasteiger partial charge is 0.466 e. The first-order valence-electron chi connectivity index (χ1n) is 6.31. The third-order valence-electron chi connectivity index (χ3n) is 3.03. The molecule has 0 aliphatic heterocycles. The van der Waals surface area contributed by atoms with Gasteiger partial charge in [-0.15, -0.1) is 5.10 Å². The molecule has 18 heavy (non-hydrogen) atoms. The molecule has 2 aromatic heterocycles. The van der Waals surface area contributed by atoms with Crippen molar-refractivity contribution in [3.05, 3.63) is 35.5 Å². The molecular formula is C13H20N4O. The minimum Gasteiger partial charge on any atom is -0.466 e. The second-order valence-electron chi connectivity index (χ2n) is 4.56. The van der Waals surface area contributed by atoms with Gasteiger partial charge in [0.15, 0.2) is 0 Å². The Balaban J connectivity index is 1.75. The molecule has 0 fully saturated rings. The van der Waals surface area contributed by atoms with E-state index in [1.54, 1.807) is 6.20 Å². The SMILES string of the molecule is Cc1cc(C(C)NCCCn2ccnn2)c(C)o1. The number of aromatic nitrogens is 3. The lowest BCUT2D eigenvalue weighted by molar-refractivity contribution is 0.478. The van der Waals surface area contributed by atoms with E-state index in [0.717, 1.165) is 31.0 Å². The number of aryl methyl sites for hydroxylation is 3. The van der Waals surface area contributed by atoms with E-state index < -0.39 is 0 Å². The van der Waals surface area contributed by atoms with Gasteiger partial charge in [0.1, 0.15) is 11.5 Å². The number of hydrogen-bond donors (Lipinski definition) is 1. The zero-order valence-corrected chi connectivity index (χ0v) is 11.2. The van der Waals surface area contributed by atoms with Crippen LogP contribution in [0.3, 0.4) is 0 Å². The summed E-state index contributed by atoms with van der Waals surface area (Å²) >= 11 is 0. The topological polar surface area (TPSA) is 55.9 Å². The van der Waals surface area contributed by atoms with Gasteiger partial charge >= 0.3 is 0 Å². The van der Waals surface area contributed by atoms with Crippen LogP contribution in [-0.4, -0.2) is 21.5 Å². The summed E-state index contributed by atoms with van der Waals surface area (Å²) in [5.41, 5.74) is 1.24. The molecule has 0 bridgehead atoms. The quantitative estimate of drug-likeness (QED) is 0.796. The molecule has 0 aromatic carbocycles. The maximum absolute atomic E-state index is 5.54. The van der Waals surface area contributed by atoms with Crippen LogP contribution in [0.25, 0.3) is 0 Å². The predicted octanol–water partition coefficient (Wildman–Crippen LogP) is 2.23. The first kappa shape index (κ1) is 12.8. The molecule has 1 unspecified atom stereocenters. The molecule has 98 valence electrons. The van der Waals surface area contributed by atoms with Gasteiger partial charge in [-0.25, -0.2) is 0 Å². The molecule has 0 amide bonds. The Hall–Kier alpha value is -1.62. The number of furan rings is 1. The molecule has 2 rings (SSSR count). The van der Waals surface area contributed by atoms with Gasteiger partial charge in [0, 0.05) is 24.3 Å². The van der Waals surface area contributed by atoms with Gasteiger partial charge in [-0.2, -0.15) is 0 Å². The fourth-order valence-corrected chi connectivity index (χ4v) is 2.10. The number of nitrogens with one attached hydrogen (secondary N) is 1. The van der Waals surface area contributed by atoms with Crippen LogP contribution in [0, 0.1) is 13.8 Å². The second kappa shape index (κ2) is 5.82. The summed E-state index contributed by atoms with van der Waals surface area (Å²) in [6.07, 6.45) is 4.62. The molecule has 0 saturated carbocycles. The van der Waals surface area contributed by atoms with Crippen molar-refractivity contribution in [2.45, 2.75) is 39.8 Å². The molecular weight excluding hydrogens is 228 g/mol. The molecule has 0 spiro atoms. The monoisotopic (exact) mass is 248 g/mol. The average molecular weight is 248 g/mol. The maximum Gasteiger partial charge on any atom is 0.105 e. The third-order valence-corrected chi connectivity index (χ3v) is 3.03. The van der Waals surface area contributed by atoms with Crippen LogP contribution in [0.5, 0.6) is 0 Å². The Morgan fingerprint density at radius 2 is 2.28 bits per heavy atom. The lowest BCUT2D eigenvalue weighted by Gasteiger charge is -2.12. The molecule has 2 aromatic rings. The Labute approximate surface area is 107 Å². The standard InChI is InChI=1S/C13H20N4O/c1-10-9-13(12(3)18-10)11(2)14-5-4-7-17-8-6-15-16-17/h6,8-9,11,14H,4-5,7H2,1-3H3. The van der Waals surface area contributed by atoms with Crippen LogP contribution >= 0.6 is 0 Å². The van der Waals surface area contributed by atoms with Crippen LogP contribution < -0.4 is 5.32 Å². The third kappa shape index (κ3) is 3.20. The maximum atomic E-state index is 5.54. The molecule has 0 radical (unpaired) electrons. The van der Waals surface area contributed by atoms with E-state index in [2.05, 4.69) is 28.6 Å². The minimum atomic E-state index is 0.318. The smallest absolute Gasteiger partial charge is 0.105 e. The van der Waals surface area contributed by atoms with Gasteiger partial charge < -0.3 is 9.73 Å². The van der Waals surface area contributed by atoms with E-state index in [4.69, 9.17) is 4.42 Å². The van der Waals surface area contributed by atoms with Crippen molar-refractivity contribution in [2.75, 3.05) is 6.54 Å². The molecule has 2 heterocycles. The highest BCUT2D eigenvalue weighted by atomic mass is 16.3. The first-order chi connectivity index (χ1) is 8.66. The predicted molar refractivity (Wildman–Crippen MR) is 69.2 cm³/mol. The van der Waals surface area contributed by atoms with Gasteiger partial charge in [-0.3, -0.25) is 4.68 Å². The summed E-state index contributed by atoms with van der Waals surface area (Å²) in [4.78, 5) is 0. The fraction of sp³-hybridized carbons (Fsp3) is 0.538. The Bertz CT molecular complexity index is 475. The summed E-state index contributed by atoms with van der Waals surface area (Å²) in [6, 6.07) is 2.42. The van der Waals surface area contributed by atoms with Gasteiger partial charge in [0.05, 0.1) is 6.20 Å². The van der Waals surface area contributed by atoms with E-state index >= 15 is 0 Å². The minimum absolute atomic E-state index is 0.318. The van der Waals surface area contributed by atoms with E-state index in [0.29, 0.717) is 6.04 Å². The van der Waals surface area contributed by atoms with Crippen molar-refractivity contribution >= 4 is 0 Å². The molecule has 5 heteroatoms. The van der Waals surface area contributed by atoms with Crippen LogP contribution in [0.1, 0.15) is 36.5 Å². The highest BCUT2D eigenvalue weighted by molar-refractivity contribution is 5.23. The molecule has 0 aliphatic rings. The zero-order valence-electron chi connectivity index (χ0n) is 11.2. The van der Waals surface area contributed by atoms with Crippen LogP contribution in [0.15, 0.2) is 22.9 Å². The molecule has 5 nitrogen and oxygen atoms in total. The van der Waals surface area contributed by atoms with Crippen molar-refractivity contribution in [3.8, 4) is 0 Å². The summed E-state index contributed by atoms with van der Waals surface area (Å²) in [7, 11) is 0. The van der Waals surface area contributed by atoms with Crippen molar-refractivity contribution in [1.29, 1.82) is 0 Å². The van der Waals surface area contributed by atoms with Gasteiger partial charge in [0.25, 0.3) is 0 Å². The molecule has 0 saturated heterocycles. The van der Waals surface area contributed by atoms with Crippen LogP contribution in [0.2, 0.25) is 0 Å².